The first kappa shape index (κ1) is 22.3. The Morgan fingerprint density at radius 3 is 2.50 bits per heavy atom. The lowest BCUT2D eigenvalue weighted by Crippen LogP contribution is -2.34. The molecule has 0 heterocycles. The van der Waals surface area contributed by atoms with Crippen LogP contribution in [0.5, 0.6) is 0 Å². The summed E-state index contributed by atoms with van der Waals surface area (Å²) < 4.78 is 27.5. The number of rotatable bonds is 12. The number of benzene rings is 1. The predicted octanol–water partition coefficient (Wildman–Crippen LogP) is 1.88. The summed E-state index contributed by atoms with van der Waals surface area (Å²) in [4.78, 5) is 16.0. The molecule has 26 heavy (non-hydrogen) atoms. The third-order valence-electron chi connectivity index (χ3n) is 4.04. The lowest BCUT2D eigenvalue weighted by atomic mass is 10.1. The molecule has 1 N–H and O–H groups in total. The van der Waals surface area contributed by atoms with Crippen LogP contribution in [0.15, 0.2) is 41.4 Å². The van der Waals surface area contributed by atoms with E-state index >= 15 is 0 Å². The number of likely N-dealkylation sites (N-methyl/N-ethyl adjacent to an activating group) is 1. The zero-order valence-corrected chi connectivity index (χ0v) is 17.1. The van der Waals surface area contributed by atoms with Gasteiger partial charge in [0.1, 0.15) is 0 Å². The molecule has 1 aromatic rings. The maximum Gasteiger partial charge on any atom is 0.240 e. The molecule has 0 spiro atoms. The highest BCUT2D eigenvalue weighted by Crippen LogP contribution is 2.13. The second-order valence-corrected chi connectivity index (χ2v) is 8.08. The van der Waals surface area contributed by atoms with Crippen molar-refractivity contribution in [3.8, 4) is 0 Å². The average Bonchev–Trinajstić information content (AvgIpc) is 2.62. The van der Waals surface area contributed by atoms with E-state index in [2.05, 4.69) is 23.5 Å². The Kier molecular flexibility index (Phi) is 9.54. The molecule has 0 bridgehead atoms. The van der Waals surface area contributed by atoms with Crippen molar-refractivity contribution in [3.05, 3.63) is 42.1 Å². The molecule has 0 atom stereocenters. The van der Waals surface area contributed by atoms with Crippen LogP contribution in [0.25, 0.3) is 0 Å². The fourth-order valence-electron chi connectivity index (χ4n) is 2.41. The van der Waals surface area contributed by atoms with E-state index in [9.17, 15) is 13.2 Å². The molecule has 0 aliphatic rings. The maximum atomic E-state index is 12.4. The molecule has 6 nitrogen and oxygen atoms in total. The van der Waals surface area contributed by atoms with Crippen molar-refractivity contribution in [2.45, 2.75) is 31.6 Å². The first-order chi connectivity index (χ1) is 12.3. The summed E-state index contributed by atoms with van der Waals surface area (Å²) in [5.41, 5.74) is 0.836. The van der Waals surface area contributed by atoms with Crippen LogP contribution < -0.4 is 4.72 Å². The second kappa shape index (κ2) is 11.1. The predicted molar refractivity (Wildman–Crippen MR) is 106 cm³/mol. The van der Waals surface area contributed by atoms with Gasteiger partial charge >= 0.3 is 0 Å². The van der Waals surface area contributed by atoms with Crippen molar-refractivity contribution in [2.24, 2.45) is 0 Å². The van der Waals surface area contributed by atoms with Gasteiger partial charge < -0.3 is 9.80 Å². The minimum absolute atomic E-state index is 0.0179. The van der Waals surface area contributed by atoms with E-state index in [1.807, 2.05) is 20.2 Å². The minimum atomic E-state index is -3.54. The Balaban J connectivity index is 2.65. The number of nitrogens with one attached hydrogen (secondary N) is 1. The van der Waals surface area contributed by atoms with Crippen molar-refractivity contribution in [1.29, 1.82) is 0 Å². The standard InChI is InChI=1S/C19H31N3O3S/c1-5-22(6-2)15-13-20-26(24,25)19-9-7-8-17(16-19)10-11-18(23)12-14-21(3)4/h7-9,12,14,16,20H,5-6,10-11,13,15H2,1-4H3. The van der Waals surface area contributed by atoms with E-state index in [1.54, 1.807) is 29.3 Å². The summed E-state index contributed by atoms with van der Waals surface area (Å²) in [6.45, 7) is 6.95. The van der Waals surface area contributed by atoms with Crippen LogP contribution in [0, 0.1) is 0 Å². The van der Waals surface area contributed by atoms with Crippen molar-refractivity contribution >= 4 is 15.8 Å². The Bertz CT molecular complexity index is 696. The van der Waals surface area contributed by atoms with Gasteiger partial charge in [-0.1, -0.05) is 26.0 Å². The number of carbonyl (C=O) groups excluding carboxylic acids is 1. The Morgan fingerprint density at radius 2 is 1.88 bits per heavy atom. The molecule has 0 aliphatic heterocycles. The number of carbonyl (C=O) groups is 1. The molecule has 0 aliphatic carbocycles. The number of sulfonamides is 1. The number of nitrogens with zero attached hydrogens (tertiary/aromatic N) is 2. The number of aryl methyl sites for hydroxylation is 1. The van der Waals surface area contributed by atoms with Crippen molar-refractivity contribution in [2.75, 3.05) is 40.3 Å². The quantitative estimate of drug-likeness (QED) is 0.560. The number of allylic oxidation sites excluding steroid dienone is 1. The van der Waals surface area contributed by atoms with Gasteiger partial charge in [-0.05, 0) is 43.3 Å². The third kappa shape index (κ3) is 8.12. The van der Waals surface area contributed by atoms with Crippen molar-refractivity contribution in [3.63, 3.8) is 0 Å². The van der Waals surface area contributed by atoms with Gasteiger partial charge in [-0.3, -0.25) is 4.79 Å². The maximum absolute atomic E-state index is 12.4. The fraction of sp³-hybridized carbons (Fsp3) is 0.526. The molecule has 0 unspecified atom stereocenters. The van der Waals surface area contributed by atoms with Crippen LogP contribution in [-0.2, 0) is 21.2 Å². The molecule has 0 fully saturated rings. The molecular weight excluding hydrogens is 350 g/mol. The summed E-state index contributed by atoms with van der Waals surface area (Å²) in [6.07, 6.45) is 4.11. The summed E-state index contributed by atoms with van der Waals surface area (Å²) in [5.74, 6) is 0.0179. The molecule has 1 rings (SSSR count). The third-order valence-corrected chi connectivity index (χ3v) is 5.50. The smallest absolute Gasteiger partial charge is 0.240 e. The average molecular weight is 382 g/mol. The van der Waals surface area contributed by atoms with E-state index in [0.29, 0.717) is 25.9 Å². The Labute approximate surface area is 157 Å². The van der Waals surface area contributed by atoms with Gasteiger partial charge in [-0.25, -0.2) is 13.1 Å². The van der Waals surface area contributed by atoms with Gasteiger partial charge in [0.05, 0.1) is 4.90 Å². The molecule has 0 aromatic heterocycles. The molecule has 1 aromatic carbocycles. The second-order valence-electron chi connectivity index (χ2n) is 6.32. The van der Waals surface area contributed by atoms with E-state index in [4.69, 9.17) is 0 Å². The highest BCUT2D eigenvalue weighted by atomic mass is 32.2. The van der Waals surface area contributed by atoms with E-state index in [0.717, 1.165) is 18.7 Å². The molecule has 0 saturated carbocycles. The van der Waals surface area contributed by atoms with Gasteiger partial charge in [-0.15, -0.1) is 0 Å². The van der Waals surface area contributed by atoms with E-state index in [1.165, 1.54) is 6.08 Å². The van der Waals surface area contributed by atoms with Gasteiger partial charge in [0, 0.05) is 39.8 Å². The highest BCUT2D eigenvalue weighted by molar-refractivity contribution is 7.89. The summed E-state index contributed by atoms with van der Waals surface area (Å²) >= 11 is 0. The summed E-state index contributed by atoms with van der Waals surface area (Å²) in [7, 11) is 0.168. The zero-order chi connectivity index (χ0) is 19.6. The fourth-order valence-corrected chi connectivity index (χ4v) is 3.50. The van der Waals surface area contributed by atoms with Gasteiger partial charge in [-0.2, -0.15) is 0 Å². The van der Waals surface area contributed by atoms with E-state index in [-0.39, 0.29) is 10.7 Å². The van der Waals surface area contributed by atoms with Gasteiger partial charge in [0.25, 0.3) is 0 Å². The first-order valence-electron chi connectivity index (χ1n) is 8.97. The molecule has 0 saturated heterocycles. The van der Waals surface area contributed by atoms with Crippen molar-refractivity contribution in [1.82, 2.24) is 14.5 Å². The highest BCUT2D eigenvalue weighted by Gasteiger charge is 2.14. The number of ketones is 1. The zero-order valence-electron chi connectivity index (χ0n) is 16.2. The monoisotopic (exact) mass is 381 g/mol. The van der Waals surface area contributed by atoms with Crippen LogP contribution in [0.2, 0.25) is 0 Å². The topological polar surface area (TPSA) is 69.7 Å². The normalized spacial score (nSPS) is 12.0. The Morgan fingerprint density at radius 1 is 1.19 bits per heavy atom. The Hall–Kier alpha value is -1.70. The summed E-state index contributed by atoms with van der Waals surface area (Å²) in [6, 6.07) is 6.78. The van der Waals surface area contributed by atoms with Gasteiger partial charge in [0.15, 0.2) is 5.78 Å². The minimum Gasteiger partial charge on any atom is -0.383 e. The van der Waals surface area contributed by atoms with Crippen LogP contribution in [0.1, 0.15) is 25.8 Å². The van der Waals surface area contributed by atoms with E-state index < -0.39 is 10.0 Å². The lowest BCUT2D eigenvalue weighted by molar-refractivity contribution is -0.114. The first-order valence-corrected chi connectivity index (χ1v) is 10.4. The van der Waals surface area contributed by atoms with Crippen LogP contribution in [0.4, 0.5) is 0 Å². The van der Waals surface area contributed by atoms with Crippen molar-refractivity contribution < 1.29 is 13.2 Å². The largest absolute Gasteiger partial charge is 0.383 e. The lowest BCUT2D eigenvalue weighted by Gasteiger charge is -2.18. The number of hydrogen-bond donors (Lipinski definition) is 1. The van der Waals surface area contributed by atoms with Crippen LogP contribution in [-0.4, -0.2) is 64.3 Å². The SMILES string of the molecule is CCN(CC)CCNS(=O)(=O)c1cccc(CCC(=O)C=CN(C)C)c1. The molecule has 146 valence electrons. The molecular formula is C19H31N3O3S. The summed E-state index contributed by atoms with van der Waals surface area (Å²) in [5, 5.41) is 0. The van der Waals surface area contributed by atoms with Crippen LogP contribution in [0.3, 0.4) is 0 Å². The molecule has 0 amide bonds. The molecule has 7 heteroatoms. The molecule has 0 radical (unpaired) electrons. The van der Waals surface area contributed by atoms with Crippen LogP contribution >= 0.6 is 0 Å². The number of hydrogen-bond acceptors (Lipinski definition) is 5. The van der Waals surface area contributed by atoms with Gasteiger partial charge in [0.2, 0.25) is 10.0 Å².